The van der Waals surface area contributed by atoms with Gasteiger partial charge in [0.15, 0.2) is 0 Å². The Morgan fingerprint density at radius 2 is 1.95 bits per heavy atom. The number of carbonyl (C=O) groups is 2. The predicted octanol–water partition coefficient (Wildman–Crippen LogP) is 1.05. The van der Waals surface area contributed by atoms with Gasteiger partial charge < -0.3 is 10.6 Å². The van der Waals surface area contributed by atoms with Crippen molar-refractivity contribution in [2.24, 2.45) is 5.73 Å². The summed E-state index contributed by atoms with van der Waals surface area (Å²) in [5.74, 6) is -0.362. The summed E-state index contributed by atoms with van der Waals surface area (Å²) in [4.78, 5) is 26.7. The molecule has 0 aromatic heterocycles. The maximum absolute atomic E-state index is 11.8. The minimum absolute atomic E-state index is 0.362. The van der Waals surface area contributed by atoms with E-state index in [9.17, 15) is 9.59 Å². The number of piperazine rings is 1. The monoisotopic (exact) mass is 310 g/mol. The molecule has 7 heteroatoms. The number of amides is 3. The van der Waals surface area contributed by atoms with Crippen molar-refractivity contribution < 1.29 is 9.59 Å². The number of hydrogen-bond donors (Lipinski definition) is 2. The van der Waals surface area contributed by atoms with E-state index in [1.165, 1.54) is 0 Å². The van der Waals surface area contributed by atoms with E-state index in [1.54, 1.807) is 6.92 Å². The molecule has 0 saturated carbocycles. The Labute approximate surface area is 128 Å². The van der Waals surface area contributed by atoms with Crippen molar-refractivity contribution in [2.75, 3.05) is 31.1 Å². The third kappa shape index (κ3) is 4.09. The van der Waals surface area contributed by atoms with E-state index < -0.39 is 6.03 Å². The SMILES string of the molecule is C[C@@H](C(=O)NC(N)=O)N1CCN(c2cccc(Cl)c2)CC1. The van der Waals surface area contributed by atoms with E-state index in [0.717, 1.165) is 31.9 Å². The second-order valence-electron chi connectivity index (χ2n) is 5.03. The van der Waals surface area contributed by atoms with Crippen molar-refractivity contribution >= 4 is 29.2 Å². The van der Waals surface area contributed by atoms with Crippen LogP contribution >= 0.6 is 11.6 Å². The Hall–Kier alpha value is -1.79. The molecule has 0 unspecified atom stereocenters. The van der Waals surface area contributed by atoms with Crippen LogP contribution in [0.5, 0.6) is 0 Å². The van der Waals surface area contributed by atoms with Crippen LogP contribution < -0.4 is 16.0 Å². The number of carbonyl (C=O) groups excluding carboxylic acids is 2. The lowest BCUT2D eigenvalue weighted by atomic mass is 10.2. The second kappa shape index (κ2) is 6.78. The molecule has 1 saturated heterocycles. The summed E-state index contributed by atoms with van der Waals surface area (Å²) >= 11 is 6.00. The summed E-state index contributed by atoms with van der Waals surface area (Å²) in [6.45, 7) is 4.84. The normalized spacial score (nSPS) is 17.3. The maximum atomic E-state index is 11.8. The number of benzene rings is 1. The van der Waals surface area contributed by atoms with Crippen molar-refractivity contribution in [3.63, 3.8) is 0 Å². The standard InChI is InChI=1S/C14H19ClN4O2/c1-10(13(20)17-14(16)21)18-5-7-19(8-6-18)12-4-2-3-11(15)9-12/h2-4,9-10H,5-8H2,1H3,(H3,16,17,20,21)/t10-/m0/s1. The molecule has 0 aliphatic carbocycles. The van der Waals surface area contributed by atoms with Crippen molar-refractivity contribution in [3.8, 4) is 0 Å². The van der Waals surface area contributed by atoms with Crippen LogP contribution in [-0.4, -0.2) is 49.1 Å². The Bertz CT molecular complexity index is 529. The summed E-state index contributed by atoms with van der Waals surface area (Å²) in [7, 11) is 0. The number of urea groups is 1. The fraction of sp³-hybridized carbons (Fsp3) is 0.429. The molecule has 1 fully saturated rings. The molecule has 1 aliphatic rings. The molecule has 0 radical (unpaired) electrons. The first kappa shape index (κ1) is 15.6. The Kier molecular flexibility index (Phi) is 5.03. The Morgan fingerprint density at radius 3 is 2.52 bits per heavy atom. The average Bonchev–Trinajstić information content (AvgIpc) is 2.46. The predicted molar refractivity (Wildman–Crippen MR) is 82.4 cm³/mol. The van der Waals surface area contributed by atoms with Crippen LogP contribution in [0.2, 0.25) is 5.02 Å². The van der Waals surface area contributed by atoms with Crippen LogP contribution in [0.1, 0.15) is 6.92 Å². The molecular formula is C14H19ClN4O2. The van der Waals surface area contributed by atoms with E-state index in [4.69, 9.17) is 17.3 Å². The smallest absolute Gasteiger partial charge is 0.318 e. The zero-order valence-corrected chi connectivity index (χ0v) is 12.6. The summed E-state index contributed by atoms with van der Waals surface area (Å²) in [5, 5.41) is 2.83. The van der Waals surface area contributed by atoms with Gasteiger partial charge in [-0.15, -0.1) is 0 Å². The van der Waals surface area contributed by atoms with Crippen molar-refractivity contribution in [2.45, 2.75) is 13.0 Å². The molecule has 3 N–H and O–H groups in total. The highest BCUT2D eigenvalue weighted by Gasteiger charge is 2.26. The van der Waals surface area contributed by atoms with Gasteiger partial charge in [-0.1, -0.05) is 17.7 Å². The number of rotatable bonds is 3. The van der Waals surface area contributed by atoms with Gasteiger partial charge in [-0.05, 0) is 25.1 Å². The number of hydrogen-bond acceptors (Lipinski definition) is 4. The average molecular weight is 311 g/mol. The lowest BCUT2D eigenvalue weighted by Crippen LogP contribution is -2.55. The number of anilines is 1. The number of nitrogens with one attached hydrogen (secondary N) is 1. The van der Waals surface area contributed by atoms with Gasteiger partial charge in [0.2, 0.25) is 5.91 Å². The molecule has 21 heavy (non-hydrogen) atoms. The molecule has 3 amide bonds. The first-order chi connectivity index (χ1) is 9.97. The van der Waals surface area contributed by atoms with E-state index in [0.29, 0.717) is 5.02 Å². The third-order valence-corrected chi connectivity index (χ3v) is 3.90. The Morgan fingerprint density at radius 1 is 1.29 bits per heavy atom. The van der Waals surface area contributed by atoms with Gasteiger partial charge in [-0.2, -0.15) is 0 Å². The molecule has 0 bridgehead atoms. The molecule has 1 aliphatic heterocycles. The molecule has 1 heterocycles. The van der Waals surface area contributed by atoms with Crippen LogP contribution in [0, 0.1) is 0 Å². The summed E-state index contributed by atoms with van der Waals surface area (Å²) in [5.41, 5.74) is 6.04. The molecule has 0 spiro atoms. The fourth-order valence-corrected chi connectivity index (χ4v) is 2.62. The van der Waals surface area contributed by atoms with Gasteiger partial charge in [0.1, 0.15) is 0 Å². The number of halogens is 1. The van der Waals surface area contributed by atoms with E-state index in [-0.39, 0.29) is 11.9 Å². The van der Waals surface area contributed by atoms with Crippen LogP contribution in [0.15, 0.2) is 24.3 Å². The number of nitrogens with two attached hydrogens (primary N) is 1. The van der Waals surface area contributed by atoms with Gasteiger partial charge in [0.05, 0.1) is 6.04 Å². The van der Waals surface area contributed by atoms with Gasteiger partial charge in [0.25, 0.3) is 0 Å². The first-order valence-corrected chi connectivity index (χ1v) is 7.20. The Balaban J connectivity index is 1.91. The van der Waals surface area contributed by atoms with E-state index in [2.05, 4.69) is 10.2 Å². The molecule has 114 valence electrons. The minimum Gasteiger partial charge on any atom is -0.369 e. The highest BCUT2D eigenvalue weighted by molar-refractivity contribution is 6.30. The highest BCUT2D eigenvalue weighted by Crippen LogP contribution is 2.21. The molecule has 1 aromatic rings. The second-order valence-corrected chi connectivity index (χ2v) is 5.47. The van der Waals surface area contributed by atoms with Crippen molar-refractivity contribution in [1.29, 1.82) is 0 Å². The maximum Gasteiger partial charge on any atom is 0.318 e. The van der Waals surface area contributed by atoms with Crippen LogP contribution in [0.3, 0.4) is 0 Å². The molecule has 2 rings (SSSR count). The summed E-state index contributed by atoms with van der Waals surface area (Å²) in [6.07, 6.45) is 0. The third-order valence-electron chi connectivity index (χ3n) is 3.66. The van der Waals surface area contributed by atoms with Gasteiger partial charge >= 0.3 is 6.03 Å². The molecular weight excluding hydrogens is 292 g/mol. The van der Waals surface area contributed by atoms with Gasteiger partial charge in [-0.3, -0.25) is 15.0 Å². The minimum atomic E-state index is -0.815. The highest BCUT2D eigenvalue weighted by atomic mass is 35.5. The van der Waals surface area contributed by atoms with Crippen molar-refractivity contribution in [3.05, 3.63) is 29.3 Å². The number of primary amides is 1. The zero-order chi connectivity index (χ0) is 15.4. The first-order valence-electron chi connectivity index (χ1n) is 6.82. The van der Waals surface area contributed by atoms with Crippen LogP contribution in [0.25, 0.3) is 0 Å². The summed E-state index contributed by atoms with van der Waals surface area (Å²) in [6, 6.07) is 6.53. The largest absolute Gasteiger partial charge is 0.369 e. The number of imide groups is 1. The van der Waals surface area contributed by atoms with Crippen molar-refractivity contribution in [1.82, 2.24) is 10.2 Å². The van der Waals surface area contributed by atoms with Crippen LogP contribution in [0.4, 0.5) is 10.5 Å². The lowest BCUT2D eigenvalue weighted by Gasteiger charge is -2.38. The quantitative estimate of drug-likeness (QED) is 0.874. The van der Waals surface area contributed by atoms with Gasteiger partial charge in [-0.25, -0.2) is 4.79 Å². The number of nitrogens with zero attached hydrogens (tertiary/aromatic N) is 2. The zero-order valence-electron chi connectivity index (χ0n) is 11.9. The lowest BCUT2D eigenvalue weighted by molar-refractivity contribution is -0.124. The van der Waals surface area contributed by atoms with Crippen LogP contribution in [-0.2, 0) is 4.79 Å². The van der Waals surface area contributed by atoms with E-state index >= 15 is 0 Å². The summed E-state index contributed by atoms with van der Waals surface area (Å²) < 4.78 is 0. The topological polar surface area (TPSA) is 78.7 Å². The molecule has 1 atom stereocenters. The van der Waals surface area contributed by atoms with Gasteiger partial charge in [0, 0.05) is 36.9 Å². The fourth-order valence-electron chi connectivity index (χ4n) is 2.43. The molecule has 1 aromatic carbocycles. The molecule has 6 nitrogen and oxygen atoms in total. The van der Waals surface area contributed by atoms with E-state index in [1.807, 2.05) is 29.2 Å².